The maximum atomic E-state index is 10.9. The van der Waals surface area contributed by atoms with Gasteiger partial charge < -0.3 is 25.3 Å². The molecule has 1 aliphatic heterocycles. The van der Waals surface area contributed by atoms with Gasteiger partial charge in [0.15, 0.2) is 0 Å². The van der Waals surface area contributed by atoms with Gasteiger partial charge in [-0.05, 0) is 54.3 Å². The maximum absolute atomic E-state index is 10.9. The minimum atomic E-state index is -0.761. The summed E-state index contributed by atoms with van der Waals surface area (Å²) in [7, 11) is 0. The first-order valence-electron chi connectivity index (χ1n) is 14.0. The van der Waals surface area contributed by atoms with Crippen LogP contribution in [0.5, 0.6) is 5.75 Å². The summed E-state index contributed by atoms with van der Waals surface area (Å²) in [5, 5.41) is 13.8. The predicted molar refractivity (Wildman–Crippen MR) is 157 cm³/mol. The number of carboxylic acids is 1. The van der Waals surface area contributed by atoms with Crippen LogP contribution in [0, 0.1) is 5.92 Å². The fourth-order valence-corrected chi connectivity index (χ4v) is 5.68. The molecule has 3 N–H and O–H groups in total. The summed E-state index contributed by atoms with van der Waals surface area (Å²) in [6, 6.07) is 13.8. The fraction of sp³-hybridized carbons (Fsp3) is 0.400. The maximum Gasteiger partial charge on any atom is 0.307 e. The fourth-order valence-electron chi connectivity index (χ4n) is 5.56. The number of nitrogen functional groups attached to an aromatic ring is 1. The highest BCUT2D eigenvalue weighted by atomic mass is 35.5. The van der Waals surface area contributed by atoms with Crippen molar-refractivity contribution in [2.24, 2.45) is 11.1 Å². The molecule has 11 heteroatoms. The minimum Gasteiger partial charge on any atom is -0.489 e. The standard InChI is InChI=1S/C30H33ClN6O4/c31-22-4-1-19(2-5-22)18-40-24-6-8-25-20(17-24)3-7-26-27(25)33-30(32)34-28(26)37-11-9-36(10-12-37)13-14-41-35-23-15-21(16-23)29(38)39/h1-2,4-6,8,17,21H,3,7,9-16,18H2,(H,38,39)(H2,32,33,34). The normalized spacial score (nSPS) is 18.2. The van der Waals surface area contributed by atoms with Gasteiger partial charge in [0.1, 0.15) is 24.8 Å². The number of hydrogen-bond donors (Lipinski definition) is 2. The third-order valence-electron chi connectivity index (χ3n) is 7.98. The van der Waals surface area contributed by atoms with E-state index in [9.17, 15) is 4.79 Å². The lowest BCUT2D eigenvalue weighted by Crippen LogP contribution is -2.48. The Morgan fingerprint density at radius 2 is 1.85 bits per heavy atom. The first kappa shape index (κ1) is 27.3. The summed E-state index contributed by atoms with van der Waals surface area (Å²) in [5.74, 6) is 0.973. The summed E-state index contributed by atoms with van der Waals surface area (Å²) < 4.78 is 6.06. The van der Waals surface area contributed by atoms with Gasteiger partial charge in [-0.3, -0.25) is 9.69 Å². The number of nitrogens with two attached hydrogens (primary N) is 1. The van der Waals surface area contributed by atoms with Crippen LogP contribution in [0.1, 0.15) is 29.5 Å². The number of halogens is 1. The largest absolute Gasteiger partial charge is 0.489 e. The molecule has 1 saturated carbocycles. The molecule has 0 unspecified atom stereocenters. The Kier molecular flexibility index (Phi) is 7.93. The summed E-state index contributed by atoms with van der Waals surface area (Å²) in [6.07, 6.45) is 2.71. The van der Waals surface area contributed by atoms with Gasteiger partial charge in [0, 0.05) is 61.7 Å². The Bertz CT molecular complexity index is 1450. The summed E-state index contributed by atoms with van der Waals surface area (Å²) in [5.41, 5.74) is 12.5. The van der Waals surface area contributed by atoms with Crippen LogP contribution in [-0.4, -0.2) is 71.0 Å². The number of rotatable bonds is 9. The Labute approximate surface area is 243 Å². The van der Waals surface area contributed by atoms with Crippen LogP contribution in [-0.2, 0) is 29.1 Å². The van der Waals surface area contributed by atoms with Gasteiger partial charge in [0.05, 0.1) is 17.3 Å². The van der Waals surface area contributed by atoms with Gasteiger partial charge in [0.25, 0.3) is 0 Å². The highest BCUT2D eigenvalue weighted by molar-refractivity contribution is 6.30. The number of aryl methyl sites for hydroxylation is 1. The lowest BCUT2D eigenvalue weighted by atomic mass is 9.83. The molecule has 2 aliphatic carbocycles. The number of anilines is 2. The summed E-state index contributed by atoms with van der Waals surface area (Å²) in [4.78, 5) is 30.3. The van der Waals surface area contributed by atoms with Crippen LogP contribution >= 0.6 is 11.6 Å². The Hall–Kier alpha value is -3.89. The molecule has 3 aliphatic rings. The van der Waals surface area contributed by atoms with Crippen molar-refractivity contribution in [2.45, 2.75) is 32.3 Å². The second-order valence-corrected chi connectivity index (χ2v) is 11.2. The molecule has 0 bridgehead atoms. The molecule has 6 rings (SSSR count). The average Bonchev–Trinajstić information content (AvgIpc) is 2.95. The van der Waals surface area contributed by atoms with Crippen LogP contribution in [0.4, 0.5) is 11.8 Å². The molecule has 10 nitrogen and oxygen atoms in total. The van der Waals surface area contributed by atoms with E-state index in [4.69, 9.17) is 32.0 Å². The number of oxime groups is 1. The lowest BCUT2D eigenvalue weighted by molar-refractivity contribution is -0.142. The van der Waals surface area contributed by atoms with Crippen LogP contribution in [0.25, 0.3) is 11.3 Å². The number of aliphatic carboxylic acids is 1. The van der Waals surface area contributed by atoms with Crippen molar-refractivity contribution in [3.63, 3.8) is 0 Å². The number of aromatic nitrogens is 2. The zero-order chi connectivity index (χ0) is 28.3. The second-order valence-electron chi connectivity index (χ2n) is 10.7. The molecular formula is C30H33ClN6O4. The van der Waals surface area contributed by atoms with Crippen molar-refractivity contribution >= 4 is 35.0 Å². The van der Waals surface area contributed by atoms with Crippen molar-refractivity contribution in [1.82, 2.24) is 14.9 Å². The highest BCUT2D eigenvalue weighted by Crippen LogP contribution is 2.38. The molecule has 0 spiro atoms. The van der Waals surface area contributed by atoms with Crippen LogP contribution in [0.3, 0.4) is 0 Å². The molecule has 3 aromatic rings. The number of hydrogen-bond acceptors (Lipinski definition) is 9. The van der Waals surface area contributed by atoms with E-state index in [1.807, 2.05) is 30.3 Å². The predicted octanol–water partition coefficient (Wildman–Crippen LogP) is 4.05. The van der Waals surface area contributed by atoms with Gasteiger partial charge in [0.2, 0.25) is 5.95 Å². The number of carboxylic acid groups (broad SMARTS) is 1. The zero-order valence-corrected chi connectivity index (χ0v) is 23.5. The van der Waals surface area contributed by atoms with Crippen molar-refractivity contribution in [1.29, 1.82) is 0 Å². The molecule has 1 aromatic heterocycles. The van der Waals surface area contributed by atoms with Gasteiger partial charge in [-0.15, -0.1) is 0 Å². The summed E-state index contributed by atoms with van der Waals surface area (Å²) >= 11 is 5.99. The van der Waals surface area contributed by atoms with Gasteiger partial charge in [-0.1, -0.05) is 28.9 Å². The van der Waals surface area contributed by atoms with E-state index in [1.165, 1.54) is 5.56 Å². The van der Waals surface area contributed by atoms with E-state index >= 15 is 0 Å². The van der Waals surface area contributed by atoms with Crippen LogP contribution < -0.4 is 15.4 Å². The van der Waals surface area contributed by atoms with E-state index < -0.39 is 5.97 Å². The minimum absolute atomic E-state index is 0.283. The quantitative estimate of drug-likeness (QED) is 0.286. The second kappa shape index (κ2) is 11.9. The van der Waals surface area contributed by atoms with Gasteiger partial charge >= 0.3 is 5.97 Å². The Morgan fingerprint density at radius 3 is 2.61 bits per heavy atom. The molecule has 2 aromatic carbocycles. The SMILES string of the molecule is Nc1nc2c(c(N3CCN(CCON=C4CC(C(=O)O)C4)CC3)n1)CCc1cc(OCc3ccc(Cl)cc3)ccc1-2. The number of carbonyl (C=O) groups is 1. The average molecular weight is 577 g/mol. The van der Waals surface area contributed by atoms with Crippen molar-refractivity contribution in [3.05, 3.63) is 64.2 Å². The summed E-state index contributed by atoms with van der Waals surface area (Å²) in [6.45, 7) is 5.16. The van der Waals surface area contributed by atoms with E-state index in [-0.39, 0.29) is 11.9 Å². The van der Waals surface area contributed by atoms with E-state index in [1.54, 1.807) is 0 Å². The topological polar surface area (TPSA) is 126 Å². The van der Waals surface area contributed by atoms with Crippen molar-refractivity contribution in [2.75, 3.05) is 50.0 Å². The zero-order valence-electron chi connectivity index (χ0n) is 22.8. The van der Waals surface area contributed by atoms with Crippen LogP contribution in [0.2, 0.25) is 5.02 Å². The molecule has 41 heavy (non-hydrogen) atoms. The molecule has 214 valence electrons. The Balaban J connectivity index is 1.06. The van der Waals surface area contributed by atoms with E-state index in [0.717, 1.165) is 85.2 Å². The van der Waals surface area contributed by atoms with E-state index in [2.05, 4.69) is 37.1 Å². The molecule has 1 saturated heterocycles. The molecule has 0 radical (unpaired) electrons. The molecular weight excluding hydrogens is 544 g/mol. The van der Waals surface area contributed by atoms with Crippen LogP contribution in [0.15, 0.2) is 47.6 Å². The van der Waals surface area contributed by atoms with Crippen molar-refractivity contribution in [3.8, 4) is 17.0 Å². The molecule has 2 fully saturated rings. The Morgan fingerprint density at radius 1 is 1.07 bits per heavy atom. The number of nitrogens with zero attached hydrogens (tertiary/aromatic N) is 5. The molecule has 0 atom stereocenters. The van der Waals surface area contributed by atoms with Gasteiger partial charge in [-0.2, -0.15) is 4.98 Å². The third kappa shape index (κ3) is 6.23. The monoisotopic (exact) mass is 576 g/mol. The molecule has 0 amide bonds. The smallest absolute Gasteiger partial charge is 0.307 e. The highest BCUT2D eigenvalue weighted by Gasteiger charge is 2.31. The first-order valence-corrected chi connectivity index (χ1v) is 14.4. The van der Waals surface area contributed by atoms with E-state index in [0.29, 0.717) is 31.1 Å². The number of fused-ring (bicyclic) bond motifs is 3. The first-order chi connectivity index (χ1) is 19.9. The van der Waals surface area contributed by atoms with Gasteiger partial charge in [-0.25, -0.2) is 4.98 Å². The number of piperazine rings is 1. The van der Waals surface area contributed by atoms with Crippen molar-refractivity contribution < 1.29 is 19.5 Å². The molecule has 2 heterocycles. The number of benzene rings is 2. The number of ether oxygens (including phenoxy) is 1. The third-order valence-corrected chi connectivity index (χ3v) is 8.23. The lowest BCUT2D eigenvalue weighted by Gasteiger charge is -2.36.